The highest BCUT2D eigenvalue weighted by atomic mass is 16.5. The number of carbonyl (C=O) groups excluding carboxylic acids is 1. The summed E-state index contributed by atoms with van der Waals surface area (Å²) in [4.78, 5) is 14.6. The van der Waals surface area contributed by atoms with Gasteiger partial charge in [-0.3, -0.25) is 4.79 Å². The van der Waals surface area contributed by atoms with Gasteiger partial charge in [0.05, 0.1) is 0 Å². The molecule has 98 valence electrons. The van der Waals surface area contributed by atoms with E-state index < -0.39 is 0 Å². The second-order valence-corrected chi connectivity index (χ2v) is 5.30. The molecule has 17 heavy (non-hydrogen) atoms. The van der Waals surface area contributed by atoms with Gasteiger partial charge in [-0.1, -0.05) is 19.3 Å². The van der Waals surface area contributed by atoms with Crippen molar-refractivity contribution in [2.24, 2.45) is 5.92 Å². The summed E-state index contributed by atoms with van der Waals surface area (Å²) in [6, 6.07) is 0.518. The minimum Gasteiger partial charge on any atom is -0.381 e. The van der Waals surface area contributed by atoms with E-state index in [0.29, 0.717) is 11.9 Å². The number of rotatable bonds is 3. The van der Waals surface area contributed by atoms with Crippen LogP contribution in [0.2, 0.25) is 0 Å². The van der Waals surface area contributed by atoms with Crippen molar-refractivity contribution < 1.29 is 9.53 Å². The topological polar surface area (TPSA) is 29.5 Å². The molecule has 0 radical (unpaired) electrons. The Labute approximate surface area is 105 Å². The smallest absolute Gasteiger partial charge is 0.226 e. The Morgan fingerprint density at radius 3 is 2.35 bits per heavy atom. The van der Waals surface area contributed by atoms with E-state index >= 15 is 0 Å². The summed E-state index contributed by atoms with van der Waals surface area (Å²) in [6.07, 6.45) is 8.19. The maximum Gasteiger partial charge on any atom is 0.226 e. The SMILES string of the molecule is CCN(C(=O)C1CCOCC1)C1CCCCC1. The summed E-state index contributed by atoms with van der Waals surface area (Å²) in [5, 5.41) is 0. The van der Waals surface area contributed by atoms with Crippen LogP contribution in [0.3, 0.4) is 0 Å². The van der Waals surface area contributed by atoms with Gasteiger partial charge in [0.1, 0.15) is 0 Å². The first-order valence-electron chi connectivity index (χ1n) is 7.21. The molecular weight excluding hydrogens is 214 g/mol. The highest BCUT2D eigenvalue weighted by molar-refractivity contribution is 5.79. The van der Waals surface area contributed by atoms with Gasteiger partial charge < -0.3 is 9.64 Å². The molecule has 0 atom stereocenters. The van der Waals surface area contributed by atoms with E-state index in [0.717, 1.165) is 32.6 Å². The fourth-order valence-electron chi connectivity index (χ4n) is 3.17. The van der Waals surface area contributed by atoms with E-state index in [9.17, 15) is 4.79 Å². The van der Waals surface area contributed by atoms with Crippen LogP contribution in [0.1, 0.15) is 51.9 Å². The molecule has 1 amide bonds. The number of nitrogens with zero attached hydrogens (tertiary/aromatic N) is 1. The zero-order valence-corrected chi connectivity index (χ0v) is 11.0. The van der Waals surface area contributed by atoms with Crippen molar-refractivity contribution >= 4 is 5.91 Å². The molecule has 0 aromatic rings. The Bertz CT molecular complexity index is 243. The van der Waals surface area contributed by atoms with Crippen LogP contribution in [0, 0.1) is 5.92 Å². The Morgan fingerprint density at radius 1 is 1.12 bits per heavy atom. The lowest BCUT2D eigenvalue weighted by Crippen LogP contribution is -2.45. The van der Waals surface area contributed by atoms with Crippen molar-refractivity contribution in [1.29, 1.82) is 0 Å². The van der Waals surface area contributed by atoms with Gasteiger partial charge in [-0.2, -0.15) is 0 Å². The van der Waals surface area contributed by atoms with Crippen LogP contribution in [0.15, 0.2) is 0 Å². The molecule has 0 aromatic heterocycles. The van der Waals surface area contributed by atoms with Crippen LogP contribution in [-0.4, -0.2) is 36.6 Å². The van der Waals surface area contributed by atoms with E-state index in [4.69, 9.17) is 4.74 Å². The fourth-order valence-corrected chi connectivity index (χ4v) is 3.17. The molecule has 0 bridgehead atoms. The standard InChI is InChI=1S/C14H25NO2/c1-2-15(13-6-4-3-5-7-13)14(16)12-8-10-17-11-9-12/h12-13H,2-11H2,1H3. The second-order valence-electron chi connectivity index (χ2n) is 5.30. The van der Waals surface area contributed by atoms with E-state index in [2.05, 4.69) is 11.8 Å². The van der Waals surface area contributed by atoms with Gasteiger partial charge in [0.25, 0.3) is 0 Å². The molecule has 0 spiro atoms. The molecule has 1 aliphatic carbocycles. The van der Waals surface area contributed by atoms with E-state index in [1.165, 1.54) is 32.1 Å². The van der Waals surface area contributed by atoms with E-state index in [1.54, 1.807) is 0 Å². The third kappa shape index (κ3) is 3.21. The van der Waals surface area contributed by atoms with Crippen LogP contribution < -0.4 is 0 Å². The molecule has 3 nitrogen and oxygen atoms in total. The maximum absolute atomic E-state index is 12.5. The summed E-state index contributed by atoms with van der Waals surface area (Å²) in [5.41, 5.74) is 0. The molecule has 1 saturated heterocycles. The second kappa shape index (κ2) is 6.39. The number of amides is 1. The lowest BCUT2D eigenvalue weighted by Gasteiger charge is -2.36. The zero-order chi connectivity index (χ0) is 12.1. The quantitative estimate of drug-likeness (QED) is 0.757. The largest absolute Gasteiger partial charge is 0.381 e. The predicted octanol–water partition coefficient (Wildman–Crippen LogP) is 2.59. The van der Waals surface area contributed by atoms with Crippen molar-refractivity contribution in [3.63, 3.8) is 0 Å². The van der Waals surface area contributed by atoms with Crippen LogP contribution in [0.4, 0.5) is 0 Å². The highest BCUT2D eigenvalue weighted by Crippen LogP contribution is 2.26. The third-order valence-electron chi connectivity index (χ3n) is 4.21. The first kappa shape index (κ1) is 12.9. The monoisotopic (exact) mass is 239 g/mol. The molecule has 1 saturated carbocycles. The molecule has 0 aromatic carbocycles. The average molecular weight is 239 g/mol. The maximum atomic E-state index is 12.5. The van der Waals surface area contributed by atoms with Gasteiger partial charge in [0, 0.05) is 31.7 Å². The Morgan fingerprint density at radius 2 is 1.76 bits per heavy atom. The number of ether oxygens (including phenoxy) is 1. The fraction of sp³-hybridized carbons (Fsp3) is 0.929. The van der Waals surface area contributed by atoms with E-state index in [-0.39, 0.29) is 5.92 Å². The van der Waals surface area contributed by atoms with Crippen LogP contribution in [0.25, 0.3) is 0 Å². The summed E-state index contributed by atoms with van der Waals surface area (Å²) in [6.45, 7) is 4.52. The van der Waals surface area contributed by atoms with Gasteiger partial charge >= 0.3 is 0 Å². The lowest BCUT2D eigenvalue weighted by atomic mass is 9.91. The minimum atomic E-state index is 0.227. The Balaban J connectivity index is 1.93. The van der Waals surface area contributed by atoms with Crippen molar-refractivity contribution in [3.8, 4) is 0 Å². The third-order valence-corrected chi connectivity index (χ3v) is 4.21. The van der Waals surface area contributed by atoms with Gasteiger partial charge in [-0.15, -0.1) is 0 Å². The predicted molar refractivity (Wildman–Crippen MR) is 67.8 cm³/mol. The first-order chi connectivity index (χ1) is 8.33. The molecule has 0 unspecified atom stereocenters. The lowest BCUT2D eigenvalue weighted by molar-refractivity contribution is -0.141. The zero-order valence-electron chi connectivity index (χ0n) is 11.0. The number of carbonyl (C=O) groups is 1. The highest BCUT2D eigenvalue weighted by Gasteiger charge is 2.30. The molecule has 2 aliphatic rings. The molecule has 1 aliphatic heterocycles. The summed E-state index contributed by atoms with van der Waals surface area (Å²) in [5.74, 6) is 0.619. The molecular formula is C14H25NO2. The van der Waals surface area contributed by atoms with Crippen molar-refractivity contribution in [2.75, 3.05) is 19.8 Å². The van der Waals surface area contributed by atoms with Gasteiger partial charge in [-0.25, -0.2) is 0 Å². The average Bonchev–Trinajstić information content (AvgIpc) is 2.42. The molecule has 3 heteroatoms. The van der Waals surface area contributed by atoms with Crippen LogP contribution in [-0.2, 0) is 9.53 Å². The molecule has 1 heterocycles. The van der Waals surface area contributed by atoms with Gasteiger partial charge in [0.2, 0.25) is 5.91 Å². The summed E-state index contributed by atoms with van der Waals surface area (Å²) in [7, 11) is 0. The van der Waals surface area contributed by atoms with E-state index in [1.807, 2.05) is 0 Å². The summed E-state index contributed by atoms with van der Waals surface area (Å²) < 4.78 is 5.34. The van der Waals surface area contributed by atoms with Gasteiger partial charge in [0.15, 0.2) is 0 Å². The van der Waals surface area contributed by atoms with Crippen molar-refractivity contribution in [3.05, 3.63) is 0 Å². The van der Waals surface area contributed by atoms with Crippen molar-refractivity contribution in [1.82, 2.24) is 4.90 Å². The van der Waals surface area contributed by atoms with Crippen LogP contribution >= 0.6 is 0 Å². The number of hydrogen-bond donors (Lipinski definition) is 0. The summed E-state index contributed by atoms with van der Waals surface area (Å²) >= 11 is 0. The number of hydrogen-bond acceptors (Lipinski definition) is 2. The molecule has 2 rings (SSSR count). The molecule has 2 fully saturated rings. The Hall–Kier alpha value is -0.570. The first-order valence-corrected chi connectivity index (χ1v) is 7.21. The van der Waals surface area contributed by atoms with Crippen LogP contribution in [0.5, 0.6) is 0 Å². The minimum absolute atomic E-state index is 0.227. The normalized spacial score (nSPS) is 23.6. The van der Waals surface area contributed by atoms with Gasteiger partial charge in [-0.05, 0) is 32.6 Å². The molecule has 0 N–H and O–H groups in total. The van der Waals surface area contributed by atoms with Crippen molar-refractivity contribution in [2.45, 2.75) is 57.9 Å². The Kier molecular flexibility index (Phi) is 4.84.